The van der Waals surface area contributed by atoms with Gasteiger partial charge in [0.05, 0.1) is 0 Å². The molecule has 1 rings (SSSR count). The van der Waals surface area contributed by atoms with Crippen molar-refractivity contribution in [2.75, 3.05) is 6.54 Å². The van der Waals surface area contributed by atoms with Crippen molar-refractivity contribution in [2.45, 2.75) is 40.2 Å². The molecule has 0 saturated heterocycles. The molecule has 2 nitrogen and oxygen atoms in total. The van der Waals surface area contributed by atoms with Crippen LogP contribution in [0.25, 0.3) is 0 Å². The maximum absolute atomic E-state index is 12.4. The first-order valence-electron chi connectivity index (χ1n) is 6.04. The van der Waals surface area contributed by atoms with Crippen LogP contribution in [0.5, 0.6) is 0 Å². The Labute approximate surface area is 112 Å². The summed E-state index contributed by atoms with van der Waals surface area (Å²) in [6.45, 7) is 9.01. The maximum atomic E-state index is 12.4. The number of amides is 1. The minimum Gasteiger partial charge on any atom is -0.336 e. The van der Waals surface area contributed by atoms with Gasteiger partial charge >= 0.3 is 0 Å². The molecule has 0 aliphatic carbocycles. The lowest BCUT2D eigenvalue weighted by molar-refractivity contribution is 0.0706. The summed E-state index contributed by atoms with van der Waals surface area (Å²) in [5.41, 5.74) is 1.86. The molecule has 0 bridgehead atoms. The Morgan fingerprint density at radius 1 is 1.41 bits per heavy atom. The summed E-state index contributed by atoms with van der Waals surface area (Å²) in [5.74, 6) is 0.123. The summed E-state index contributed by atoms with van der Waals surface area (Å²) in [4.78, 5) is 14.3. The molecule has 0 heterocycles. The predicted molar refractivity (Wildman–Crippen MR) is 75.3 cm³/mol. The molecule has 0 unspecified atom stereocenters. The lowest BCUT2D eigenvalue weighted by Crippen LogP contribution is -2.37. The first-order chi connectivity index (χ1) is 7.97. The van der Waals surface area contributed by atoms with Gasteiger partial charge in [-0.25, -0.2) is 0 Å². The Morgan fingerprint density at radius 3 is 2.53 bits per heavy atom. The van der Waals surface area contributed by atoms with Gasteiger partial charge in [-0.1, -0.05) is 22.9 Å². The summed E-state index contributed by atoms with van der Waals surface area (Å²) in [6, 6.07) is 6.00. The fourth-order valence-corrected chi connectivity index (χ4v) is 2.03. The highest BCUT2D eigenvalue weighted by molar-refractivity contribution is 9.10. The summed E-state index contributed by atoms with van der Waals surface area (Å²) in [5, 5.41) is 0. The lowest BCUT2D eigenvalue weighted by Gasteiger charge is -2.26. The first-order valence-corrected chi connectivity index (χ1v) is 6.83. The summed E-state index contributed by atoms with van der Waals surface area (Å²) in [7, 11) is 0. The minimum absolute atomic E-state index is 0.123. The van der Waals surface area contributed by atoms with E-state index in [-0.39, 0.29) is 11.9 Å². The van der Waals surface area contributed by atoms with Crippen LogP contribution < -0.4 is 0 Å². The predicted octanol–water partition coefficient (Wildman–Crippen LogP) is 4.02. The second-order valence-corrected chi connectivity index (χ2v) is 5.41. The third-order valence-electron chi connectivity index (χ3n) is 2.75. The van der Waals surface area contributed by atoms with Crippen molar-refractivity contribution in [3.05, 3.63) is 33.8 Å². The second kappa shape index (κ2) is 6.20. The Hall–Kier alpha value is -0.830. The molecule has 0 radical (unpaired) electrons. The molecule has 94 valence electrons. The van der Waals surface area contributed by atoms with Gasteiger partial charge in [0.15, 0.2) is 0 Å². The Bertz CT molecular complexity index is 401. The van der Waals surface area contributed by atoms with E-state index in [1.165, 1.54) is 0 Å². The van der Waals surface area contributed by atoms with Gasteiger partial charge in [-0.2, -0.15) is 0 Å². The van der Waals surface area contributed by atoms with Crippen LogP contribution in [-0.2, 0) is 0 Å². The van der Waals surface area contributed by atoms with Crippen molar-refractivity contribution < 1.29 is 4.79 Å². The lowest BCUT2D eigenvalue weighted by atomic mass is 10.1. The normalized spacial score (nSPS) is 10.7. The minimum atomic E-state index is 0.123. The Balaban J connectivity index is 2.97. The van der Waals surface area contributed by atoms with Crippen LogP contribution in [0.3, 0.4) is 0 Å². The monoisotopic (exact) mass is 297 g/mol. The third kappa shape index (κ3) is 3.56. The van der Waals surface area contributed by atoms with Gasteiger partial charge in [0, 0.05) is 22.6 Å². The molecule has 0 aliphatic rings. The zero-order chi connectivity index (χ0) is 13.0. The number of nitrogens with zero attached hydrogens (tertiary/aromatic N) is 1. The molecule has 0 fully saturated rings. The molecule has 1 aromatic carbocycles. The molecule has 0 atom stereocenters. The van der Waals surface area contributed by atoms with E-state index in [0.717, 1.165) is 28.6 Å². The van der Waals surface area contributed by atoms with Gasteiger partial charge in [0.25, 0.3) is 5.91 Å². The Kier molecular flexibility index (Phi) is 5.19. The van der Waals surface area contributed by atoms with Crippen molar-refractivity contribution >= 4 is 21.8 Å². The van der Waals surface area contributed by atoms with Crippen LogP contribution in [0.1, 0.15) is 43.1 Å². The van der Waals surface area contributed by atoms with Crippen molar-refractivity contribution in [2.24, 2.45) is 0 Å². The number of hydrogen-bond acceptors (Lipinski definition) is 1. The van der Waals surface area contributed by atoms with Gasteiger partial charge in [-0.3, -0.25) is 4.79 Å². The zero-order valence-corrected chi connectivity index (χ0v) is 12.5. The van der Waals surface area contributed by atoms with E-state index in [0.29, 0.717) is 0 Å². The molecule has 0 aliphatic heterocycles. The average Bonchev–Trinajstić information content (AvgIpc) is 2.28. The van der Waals surface area contributed by atoms with Gasteiger partial charge in [0.1, 0.15) is 0 Å². The van der Waals surface area contributed by atoms with Crippen LogP contribution >= 0.6 is 15.9 Å². The van der Waals surface area contributed by atoms with E-state index in [1.54, 1.807) is 0 Å². The van der Waals surface area contributed by atoms with E-state index < -0.39 is 0 Å². The molecule has 0 saturated carbocycles. The van der Waals surface area contributed by atoms with Crippen LogP contribution in [0.2, 0.25) is 0 Å². The van der Waals surface area contributed by atoms with E-state index in [1.807, 2.05) is 30.0 Å². The molecule has 1 amide bonds. The molecule has 1 aromatic rings. The van der Waals surface area contributed by atoms with Crippen molar-refractivity contribution in [1.82, 2.24) is 4.90 Å². The maximum Gasteiger partial charge on any atom is 0.254 e. The summed E-state index contributed by atoms with van der Waals surface area (Å²) >= 11 is 3.45. The van der Waals surface area contributed by atoms with Crippen molar-refractivity contribution in [3.63, 3.8) is 0 Å². The number of aryl methyl sites for hydroxylation is 1. The fourth-order valence-electron chi connectivity index (χ4n) is 1.78. The van der Waals surface area contributed by atoms with Gasteiger partial charge in [0.2, 0.25) is 0 Å². The topological polar surface area (TPSA) is 20.3 Å². The number of carbonyl (C=O) groups excluding carboxylic acids is 1. The van der Waals surface area contributed by atoms with E-state index in [4.69, 9.17) is 0 Å². The quantitative estimate of drug-likeness (QED) is 0.822. The summed E-state index contributed by atoms with van der Waals surface area (Å²) < 4.78 is 1.04. The highest BCUT2D eigenvalue weighted by atomic mass is 79.9. The highest BCUT2D eigenvalue weighted by Gasteiger charge is 2.18. The first kappa shape index (κ1) is 14.2. The Morgan fingerprint density at radius 2 is 2.06 bits per heavy atom. The number of hydrogen-bond donors (Lipinski definition) is 0. The molecule has 17 heavy (non-hydrogen) atoms. The molecule has 3 heteroatoms. The highest BCUT2D eigenvalue weighted by Crippen LogP contribution is 2.19. The molecular formula is C14H20BrNO. The number of rotatable bonds is 4. The van der Waals surface area contributed by atoms with Gasteiger partial charge in [-0.05, 0) is 51.0 Å². The standard InChI is InChI=1S/C14H20BrNO/c1-5-8-16(10(2)3)14(17)12-6-7-13(15)11(4)9-12/h6-7,9-10H,5,8H2,1-4H3. The van der Waals surface area contributed by atoms with E-state index in [2.05, 4.69) is 36.7 Å². The third-order valence-corrected chi connectivity index (χ3v) is 3.64. The van der Waals surface area contributed by atoms with Crippen LogP contribution in [0.4, 0.5) is 0 Å². The van der Waals surface area contributed by atoms with Crippen LogP contribution in [0.15, 0.2) is 22.7 Å². The number of carbonyl (C=O) groups is 1. The summed E-state index contributed by atoms with van der Waals surface area (Å²) in [6.07, 6.45) is 0.986. The van der Waals surface area contributed by atoms with E-state index >= 15 is 0 Å². The van der Waals surface area contributed by atoms with Crippen LogP contribution in [0, 0.1) is 6.92 Å². The van der Waals surface area contributed by atoms with Crippen LogP contribution in [-0.4, -0.2) is 23.4 Å². The van der Waals surface area contributed by atoms with Crippen molar-refractivity contribution in [1.29, 1.82) is 0 Å². The SMILES string of the molecule is CCCN(C(=O)c1ccc(Br)c(C)c1)C(C)C. The molecule has 0 aromatic heterocycles. The smallest absolute Gasteiger partial charge is 0.254 e. The largest absolute Gasteiger partial charge is 0.336 e. The number of benzene rings is 1. The fraction of sp³-hybridized carbons (Fsp3) is 0.500. The van der Waals surface area contributed by atoms with Gasteiger partial charge < -0.3 is 4.90 Å². The second-order valence-electron chi connectivity index (χ2n) is 4.56. The number of halogens is 1. The van der Waals surface area contributed by atoms with E-state index in [9.17, 15) is 4.79 Å². The van der Waals surface area contributed by atoms with Gasteiger partial charge in [-0.15, -0.1) is 0 Å². The zero-order valence-electron chi connectivity index (χ0n) is 11.0. The molecule has 0 N–H and O–H groups in total. The molecule has 0 spiro atoms. The molecular weight excluding hydrogens is 278 g/mol. The average molecular weight is 298 g/mol. The van der Waals surface area contributed by atoms with Crippen molar-refractivity contribution in [3.8, 4) is 0 Å².